The van der Waals surface area contributed by atoms with Crippen molar-refractivity contribution in [3.63, 3.8) is 0 Å². The molecule has 0 spiro atoms. The van der Waals surface area contributed by atoms with Crippen molar-refractivity contribution in [3.05, 3.63) is 258 Å². The van der Waals surface area contributed by atoms with E-state index >= 15 is 0 Å². The summed E-state index contributed by atoms with van der Waals surface area (Å²) in [4.78, 5) is 15.1. The molecule has 0 amide bonds. The van der Waals surface area contributed by atoms with E-state index in [2.05, 4.69) is 185 Å². The van der Waals surface area contributed by atoms with Gasteiger partial charge in [0.1, 0.15) is 0 Å². The molecule has 0 aliphatic rings. The molecule has 0 bridgehead atoms. The zero-order chi connectivity index (χ0) is 43.4. The van der Waals surface area contributed by atoms with Crippen molar-refractivity contribution < 1.29 is 0 Å². The monoisotopic (exact) mass is 821 g/mol. The van der Waals surface area contributed by atoms with E-state index in [9.17, 15) is 0 Å². The lowest BCUT2D eigenvalue weighted by atomic mass is 9.73. The van der Waals surface area contributed by atoms with E-state index in [1.807, 2.05) is 60.7 Å². The summed E-state index contributed by atoms with van der Waals surface area (Å²) < 4.78 is 0. The Balaban J connectivity index is 1.22. The van der Waals surface area contributed by atoms with Crippen molar-refractivity contribution in [1.82, 2.24) is 15.0 Å². The van der Waals surface area contributed by atoms with Crippen molar-refractivity contribution in [2.24, 2.45) is 0 Å². The maximum Gasteiger partial charge on any atom is 0.164 e. The predicted octanol–water partition coefficient (Wildman–Crippen LogP) is 15.6. The highest BCUT2D eigenvalue weighted by atomic mass is 15.0. The van der Waals surface area contributed by atoms with Gasteiger partial charge in [-0.05, 0) is 98.7 Å². The number of aryl methyl sites for hydroxylation is 3. The molecule has 0 N–H and O–H groups in total. The molecule has 0 radical (unpaired) electrons. The van der Waals surface area contributed by atoms with Crippen molar-refractivity contribution in [2.75, 3.05) is 0 Å². The molecule has 3 heteroatoms. The van der Waals surface area contributed by atoms with Gasteiger partial charge in [0.25, 0.3) is 0 Å². The summed E-state index contributed by atoms with van der Waals surface area (Å²) in [6.45, 7) is 6.66. The van der Waals surface area contributed by atoms with Crippen LogP contribution >= 0.6 is 0 Å². The van der Waals surface area contributed by atoms with Crippen molar-refractivity contribution in [2.45, 2.75) is 26.7 Å². The lowest BCUT2D eigenvalue weighted by molar-refractivity contribution is 0.985. The molecular formula is C61H47N3. The predicted molar refractivity (Wildman–Crippen MR) is 266 cm³/mol. The molecule has 10 aromatic rings. The minimum Gasteiger partial charge on any atom is -0.208 e. The molecule has 0 atom stereocenters. The van der Waals surface area contributed by atoms with Gasteiger partial charge in [0.2, 0.25) is 0 Å². The Hall–Kier alpha value is -8.01. The van der Waals surface area contributed by atoms with E-state index in [4.69, 9.17) is 15.0 Å². The Morgan fingerprint density at radius 2 is 0.562 bits per heavy atom. The summed E-state index contributed by atoms with van der Waals surface area (Å²) in [6, 6.07) is 80.3. The summed E-state index contributed by atoms with van der Waals surface area (Å²) in [5.41, 5.74) is 19.9. The third-order valence-corrected chi connectivity index (χ3v) is 12.4. The Kier molecular flexibility index (Phi) is 11.1. The first-order valence-electron chi connectivity index (χ1n) is 22.0. The summed E-state index contributed by atoms with van der Waals surface area (Å²) in [6.07, 6.45) is 0. The molecule has 64 heavy (non-hydrogen) atoms. The number of rotatable bonds is 10. The fourth-order valence-electron chi connectivity index (χ4n) is 9.19. The van der Waals surface area contributed by atoms with Crippen molar-refractivity contribution in [1.29, 1.82) is 0 Å². The van der Waals surface area contributed by atoms with Gasteiger partial charge in [0.15, 0.2) is 17.5 Å². The van der Waals surface area contributed by atoms with Crippen LogP contribution in [0.1, 0.15) is 39.3 Å². The average molecular weight is 822 g/mol. The van der Waals surface area contributed by atoms with Crippen LogP contribution in [0.4, 0.5) is 0 Å². The van der Waals surface area contributed by atoms with Crippen LogP contribution in [0, 0.1) is 20.8 Å². The highest BCUT2D eigenvalue weighted by Crippen LogP contribution is 2.49. The molecule has 306 valence electrons. The van der Waals surface area contributed by atoms with Gasteiger partial charge in [-0.3, -0.25) is 0 Å². The lowest BCUT2D eigenvalue weighted by Crippen LogP contribution is -2.11. The van der Waals surface area contributed by atoms with Crippen LogP contribution in [-0.4, -0.2) is 15.0 Å². The largest absolute Gasteiger partial charge is 0.208 e. The maximum atomic E-state index is 5.06. The van der Waals surface area contributed by atoms with Crippen LogP contribution in [0.25, 0.3) is 78.7 Å². The Morgan fingerprint density at radius 1 is 0.250 bits per heavy atom. The van der Waals surface area contributed by atoms with Crippen LogP contribution in [-0.2, 0) is 0 Å². The topological polar surface area (TPSA) is 38.7 Å². The van der Waals surface area contributed by atoms with E-state index in [0.29, 0.717) is 17.5 Å². The molecule has 0 aliphatic heterocycles. The zero-order valence-corrected chi connectivity index (χ0v) is 36.3. The molecule has 1 heterocycles. The fourth-order valence-corrected chi connectivity index (χ4v) is 9.19. The smallest absolute Gasteiger partial charge is 0.164 e. The molecule has 0 unspecified atom stereocenters. The van der Waals surface area contributed by atoms with Gasteiger partial charge >= 0.3 is 0 Å². The fraction of sp³-hybridized carbons (Fsp3) is 0.0656. The van der Waals surface area contributed by atoms with Crippen LogP contribution in [0.15, 0.2) is 224 Å². The first-order chi connectivity index (χ1) is 31.5. The molecule has 9 aromatic carbocycles. The average Bonchev–Trinajstić information content (AvgIpc) is 3.35. The lowest BCUT2D eigenvalue weighted by Gasteiger charge is -2.30. The Morgan fingerprint density at radius 3 is 1.00 bits per heavy atom. The minimum atomic E-state index is -0.164. The number of hydrogen-bond acceptors (Lipinski definition) is 3. The van der Waals surface area contributed by atoms with Gasteiger partial charge in [-0.25, -0.2) is 15.0 Å². The van der Waals surface area contributed by atoms with Gasteiger partial charge in [-0.15, -0.1) is 0 Å². The van der Waals surface area contributed by atoms with Gasteiger partial charge < -0.3 is 0 Å². The first-order valence-corrected chi connectivity index (χ1v) is 22.0. The van der Waals surface area contributed by atoms with Crippen LogP contribution in [0.5, 0.6) is 0 Å². The second-order valence-corrected chi connectivity index (χ2v) is 16.4. The maximum absolute atomic E-state index is 5.06. The van der Waals surface area contributed by atoms with Crippen molar-refractivity contribution in [3.8, 4) is 78.7 Å². The van der Waals surface area contributed by atoms with E-state index in [1.54, 1.807) is 0 Å². The normalized spacial score (nSPS) is 11.2. The molecule has 0 saturated heterocycles. The standard InChI is InChI=1S/C61H47N3/c1-41-21-10-13-28-48(41)52-31-16-18-33-55(52)58(56-34-19-17-32-53(56)49-29-14-11-22-42(49)2)57-51(35-20-36-54(57)50-30-15-12-23-43(50)3)44-37-39-47(40-38-44)61-63-59(45-24-6-4-7-25-45)62-60(64-61)46-26-8-5-9-27-46/h4-40,58H,1-3H3. The summed E-state index contributed by atoms with van der Waals surface area (Å²) in [5, 5.41) is 0. The van der Waals surface area contributed by atoms with E-state index in [-0.39, 0.29) is 5.92 Å². The molecule has 0 aliphatic carbocycles. The number of nitrogens with zero attached hydrogens (tertiary/aromatic N) is 3. The molecule has 1 aromatic heterocycles. The third-order valence-electron chi connectivity index (χ3n) is 12.4. The Bertz CT molecular complexity index is 3100. The zero-order valence-electron chi connectivity index (χ0n) is 36.3. The highest BCUT2D eigenvalue weighted by Gasteiger charge is 2.29. The minimum absolute atomic E-state index is 0.164. The molecule has 10 rings (SSSR count). The highest BCUT2D eigenvalue weighted by molar-refractivity contribution is 5.87. The Labute approximate surface area is 376 Å². The number of hydrogen-bond donors (Lipinski definition) is 0. The summed E-state index contributed by atoms with van der Waals surface area (Å²) in [5.74, 6) is 1.75. The van der Waals surface area contributed by atoms with Crippen LogP contribution in [0.3, 0.4) is 0 Å². The first kappa shape index (κ1) is 40.1. The van der Waals surface area contributed by atoms with E-state index in [0.717, 1.165) is 22.3 Å². The SMILES string of the molecule is Cc1ccccc1-c1ccccc1C(c1ccccc1-c1ccccc1C)c1c(-c2ccc(-c3nc(-c4ccccc4)nc(-c4ccccc4)n3)cc2)cccc1-c1ccccc1C. The molecule has 3 nitrogen and oxygen atoms in total. The molecular weight excluding hydrogens is 775 g/mol. The van der Waals surface area contributed by atoms with Crippen molar-refractivity contribution >= 4 is 0 Å². The van der Waals surface area contributed by atoms with Gasteiger partial charge in [-0.2, -0.15) is 0 Å². The second kappa shape index (κ2) is 17.8. The van der Waals surface area contributed by atoms with E-state index < -0.39 is 0 Å². The van der Waals surface area contributed by atoms with Gasteiger partial charge in [0.05, 0.1) is 0 Å². The van der Waals surface area contributed by atoms with E-state index in [1.165, 1.54) is 72.3 Å². The van der Waals surface area contributed by atoms with Gasteiger partial charge in [-0.1, -0.05) is 224 Å². The third kappa shape index (κ3) is 7.85. The second-order valence-electron chi connectivity index (χ2n) is 16.4. The van der Waals surface area contributed by atoms with Crippen LogP contribution < -0.4 is 0 Å². The number of benzene rings is 9. The number of aromatic nitrogens is 3. The molecule has 0 saturated carbocycles. The summed E-state index contributed by atoms with van der Waals surface area (Å²) >= 11 is 0. The summed E-state index contributed by atoms with van der Waals surface area (Å²) in [7, 11) is 0. The van der Waals surface area contributed by atoms with Crippen LogP contribution in [0.2, 0.25) is 0 Å². The molecule has 0 fully saturated rings. The quantitative estimate of drug-likeness (QED) is 0.129. The van der Waals surface area contributed by atoms with Gasteiger partial charge in [0, 0.05) is 22.6 Å².